The SMILES string of the molecule is COc1ccc(/C=C(\NC(=O)c2ccccc2)C(=O)Nc2ccc(SC(C(=O)Nc3nc(-c4ccc(C)cc4)cs3)c3ccccc3)cc2)cc1. The summed E-state index contributed by atoms with van der Waals surface area (Å²) in [5.74, 6) is -0.431. The van der Waals surface area contributed by atoms with Gasteiger partial charge < -0.3 is 20.7 Å². The first-order valence-corrected chi connectivity index (χ1v) is 17.8. The summed E-state index contributed by atoms with van der Waals surface area (Å²) in [6, 6.07) is 40.7. The molecule has 0 aliphatic carbocycles. The number of amides is 3. The minimum atomic E-state index is -0.564. The Kier molecular flexibility index (Phi) is 11.4. The van der Waals surface area contributed by atoms with Gasteiger partial charge in [0.25, 0.3) is 11.8 Å². The average Bonchev–Trinajstić information content (AvgIpc) is 3.63. The van der Waals surface area contributed by atoms with E-state index in [9.17, 15) is 14.4 Å². The first-order valence-electron chi connectivity index (χ1n) is 16.0. The third-order valence-electron chi connectivity index (χ3n) is 7.74. The standard InChI is InChI=1S/C41H34N4O4S2/c1-27-13-17-29(18-14-27)36-26-50-41(44-36)45-40(48)37(30-9-5-3-6-10-30)51-34-23-19-32(20-24-34)42-39(47)35(25-28-15-21-33(49-2)22-16-28)43-38(46)31-11-7-4-8-12-31/h3-26,37H,1-2H3,(H,42,47)(H,43,46)(H,44,45,48)/b35-25-. The van der Waals surface area contributed by atoms with Crippen molar-refractivity contribution in [2.24, 2.45) is 0 Å². The predicted octanol–water partition coefficient (Wildman–Crippen LogP) is 9.01. The molecular formula is C41H34N4O4S2. The quantitative estimate of drug-likeness (QED) is 0.0864. The number of hydrogen-bond acceptors (Lipinski definition) is 7. The largest absolute Gasteiger partial charge is 0.497 e. The van der Waals surface area contributed by atoms with Crippen LogP contribution in [-0.4, -0.2) is 29.8 Å². The van der Waals surface area contributed by atoms with E-state index in [1.165, 1.54) is 28.7 Å². The highest BCUT2D eigenvalue weighted by molar-refractivity contribution is 8.00. The van der Waals surface area contributed by atoms with Gasteiger partial charge in [-0.2, -0.15) is 0 Å². The van der Waals surface area contributed by atoms with E-state index in [1.807, 2.05) is 85.1 Å². The second-order valence-corrected chi connectivity index (χ2v) is 13.5. The second kappa shape index (κ2) is 16.6. The number of anilines is 2. The van der Waals surface area contributed by atoms with Crippen molar-refractivity contribution in [2.45, 2.75) is 17.1 Å². The van der Waals surface area contributed by atoms with Gasteiger partial charge in [-0.25, -0.2) is 4.98 Å². The van der Waals surface area contributed by atoms with Crippen molar-refractivity contribution >= 4 is 57.7 Å². The van der Waals surface area contributed by atoms with Crippen molar-refractivity contribution in [3.05, 3.63) is 167 Å². The summed E-state index contributed by atoms with van der Waals surface area (Å²) >= 11 is 2.77. The van der Waals surface area contributed by atoms with E-state index in [0.29, 0.717) is 27.7 Å². The van der Waals surface area contributed by atoms with Gasteiger partial charge in [0, 0.05) is 27.1 Å². The first kappa shape index (κ1) is 34.9. The van der Waals surface area contributed by atoms with Crippen LogP contribution in [-0.2, 0) is 9.59 Å². The zero-order valence-corrected chi connectivity index (χ0v) is 29.5. The molecule has 3 N–H and O–H groups in total. The van der Waals surface area contributed by atoms with Crippen molar-refractivity contribution in [1.29, 1.82) is 0 Å². The molecular weight excluding hydrogens is 677 g/mol. The number of rotatable bonds is 12. The van der Waals surface area contributed by atoms with Gasteiger partial charge in [0.2, 0.25) is 5.91 Å². The van der Waals surface area contributed by atoms with Crippen LogP contribution in [0.2, 0.25) is 0 Å². The maximum absolute atomic E-state index is 13.7. The van der Waals surface area contributed by atoms with E-state index in [2.05, 4.69) is 20.9 Å². The molecule has 1 unspecified atom stereocenters. The summed E-state index contributed by atoms with van der Waals surface area (Å²) in [4.78, 5) is 45.7. The number of aromatic nitrogens is 1. The normalized spacial score (nSPS) is 11.7. The van der Waals surface area contributed by atoms with Crippen LogP contribution >= 0.6 is 23.1 Å². The first-order chi connectivity index (χ1) is 24.8. The number of carbonyl (C=O) groups excluding carboxylic acids is 3. The highest BCUT2D eigenvalue weighted by Crippen LogP contribution is 2.37. The Morgan fingerprint density at radius 1 is 0.784 bits per heavy atom. The highest BCUT2D eigenvalue weighted by Gasteiger charge is 2.23. The molecule has 0 fully saturated rings. The van der Waals surface area contributed by atoms with E-state index in [1.54, 1.807) is 73.8 Å². The average molecular weight is 711 g/mol. The maximum Gasteiger partial charge on any atom is 0.272 e. The van der Waals surface area contributed by atoms with Crippen LogP contribution in [0.4, 0.5) is 10.8 Å². The maximum atomic E-state index is 13.7. The van der Waals surface area contributed by atoms with Gasteiger partial charge in [-0.05, 0) is 72.7 Å². The van der Waals surface area contributed by atoms with Crippen LogP contribution < -0.4 is 20.7 Å². The molecule has 10 heteroatoms. The summed E-state index contributed by atoms with van der Waals surface area (Å²) in [6.45, 7) is 2.04. The van der Waals surface area contributed by atoms with Crippen LogP contribution in [0.15, 0.2) is 149 Å². The Balaban J connectivity index is 1.17. The number of thiazole rings is 1. The van der Waals surface area contributed by atoms with Crippen LogP contribution in [0, 0.1) is 6.92 Å². The van der Waals surface area contributed by atoms with Crippen LogP contribution in [0.5, 0.6) is 5.75 Å². The lowest BCUT2D eigenvalue weighted by molar-refractivity contribution is -0.116. The molecule has 0 aliphatic rings. The second-order valence-electron chi connectivity index (χ2n) is 11.4. The van der Waals surface area contributed by atoms with Gasteiger partial charge in [0.05, 0.1) is 12.8 Å². The Morgan fingerprint density at radius 3 is 2.12 bits per heavy atom. The third kappa shape index (κ3) is 9.39. The number of nitrogens with zero attached hydrogens (tertiary/aromatic N) is 1. The zero-order chi connectivity index (χ0) is 35.6. The predicted molar refractivity (Wildman–Crippen MR) is 206 cm³/mol. The Bertz CT molecular complexity index is 2130. The smallest absolute Gasteiger partial charge is 0.272 e. The Morgan fingerprint density at radius 2 is 1.45 bits per heavy atom. The highest BCUT2D eigenvalue weighted by atomic mass is 32.2. The molecule has 1 heterocycles. The van der Waals surface area contributed by atoms with Crippen molar-refractivity contribution < 1.29 is 19.1 Å². The minimum absolute atomic E-state index is 0.0704. The number of aryl methyl sites for hydroxylation is 1. The van der Waals surface area contributed by atoms with Crippen molar-refractivity contribution in [2.75, 3.05) is 17.7 Å². The molecule has 51 heavy (non-hydrogen) atoms. The molecule has 0 saturated heterocycles. The number of ether oxygens (including phenoxy) is 1. The number of nitrogens with one attached hydrogen (secondary N) is 3. The molecule has 1 atom stereocenters. The fraction of sp³-hybridized carbons (Fsp3) is 0.0732. The van der Waals surface area contributed by atoms with Gasteiger partial charge in [-0.1, -0.05) is 90.5 Å². The monoisotopic (exact) mass is 710 g/mol. The van der Waals surface area contributed by atoms with Gasteiger partial charge in [-0.3, -0.25) is 14.4 Å². The van der Waals surface area contributed by atoms with E-state index in [4.69, 9.17) is 4.74 Å². The summed E-state index contributed by atoms with van der Waals surface area (Å²) in [5, 5.41) is 10.5. The van der Waals surface area contributed by atoms with Gasteiger partial charge in [-0.15, -0.1) is 23.1 Å². The minimum Gasteiger partial charge on any atom is -0.497 e. The number of methoxy groups -OCH3 is 1. The van der Waals surface area contributed by atoms with E-state index in [-0.39, 0.29) is 11.6 Å². The summed E-state index contributed by atoms with van der Waals surface area (Å²) < 4.78 is 5.24. The number of thioether (sulfide) groups is 1. The Hall–Kier alpha value is -5.97. The molecule has 5 aromatic carbocycles. The fourth-order valence-corrected chi connectivity index (χ4v) is 6.77. The lowest BCUT2D eigenvalue weighted by atomic mass is 10.1. The number of hydrogen-bond donors (Lipinski definition) is 3. The fourth-order valence-electron chi connectivity index (χ4n) is 5.02. The van der Waals surface area contributed by atoms with Crippen molar-refractivity contribution in [3.63, 3.8) is 0 Å². The molecule has 0 saturated carbocycles. The zero-order valence-electron chi connectivity index (χ0n) is 27.8. The van der Waals surface area contributed by atoms with E-state index in [0.717, 1.165) is 21.7 Å². The van der Waals surface area contributed by atoms with Crippen molar-refractivity contribution in [1.82, 2.24) is 10.3 Å². The number of benzene rings is 5. The molecule has 1 aromatic heterocycles. The van der Waals surface area contributed by atoms with Crippen molar-refractivity contribution in [3.8, 4) is 17.0 Å². The third-order valence-corrected chi connectivity index (χ3v) is 9.77. The van der Waals surface area contributed by atoms with Crippen LogP contribution in [0.3, 0.4) is 0 Å². The molecule has 0 aliphatic heterocycles. The molecule has 6 rings (SSSR count). The lowest BCUT2D eigenvalue weighted by Crippen LogP contribution is -2.30. The number of carbonyl (C=O) groups is 3. The molecule has 0 radical (unpaired) electrons. The molecule has 0 spiro atoms. The van der Waals surface area contributed by atoms with Crippen LogP contribution in [0.25, 0.3) is 17.3 Å². The molecule has 6 aromatic rings. The topological polar surface area (TPSA) is 109 Å². The van der Waals surface area contributed by atoms with Gasteiger partial charge in [0.15, 0.2) is 5.13 Å². The van der Waals surface area contributed by atoms with Crippen LogP contribution in [0.1, 0.15) is 32.3 Å². The summed E-state index contributed by atoms with van der Waals surface area (Å²) in [7, 11) is 1.58. The lowest BCUT2D eigenvalue weighted by Gasteiger charge is -2.17. The Labute approximate surface area is 304 Å². The summed E-state index contributed by atoms with van der Waals surface area (Å²) in [5.41, 5.74) is 5.52. The molecule has 8 nitrogen and oxygen atoms in total. The van der Waals surface area contributed by atoms with Gasteiger partial charge >= 0.3 is 0 Å². The molecule has 254 valence electrons. The van der Waals surface area contributed by atoms with E-state index < -0.39 is 17.1 Å². The molecule has 3 amide bonds. The van der Waals surface area contributed by atoms with Gasteiger partial charge in [0.1, 0.15) is 16.7 Å². The van der Waals surface area contributed by atoms with E-state index >= 15 is 0 Å². The molecule has 0 bridgehead atoms. The summed E-state index contributed by atoms with van der Waals surface area (Å²) in [6.07, 6.45) is 1.61.